The molecule has 5 rings (SSSR count). The van der Waals surface area contributed by atoms with E-state index >= 15 is 0 Å². The second-order valence-electron chi connectivity index (χ2n) is 9.48. The number of nitrogens with one attached hydrogen (secondary N) is 2. The largest absolute Gasteiger partial charge is 0.322 e. The maximum atomic E-state index is 13.7. The summed E-state index contributed by atoms with van der Waals surface area (Å²) in [6, 6.07) is 33.0. The molecule has 0 bridgehead atoms. The fourth-order valence-corrected chi connectivity index (χ4v) is 6.23. The normalized spacial score (nSPS) is 11.6. The molecule has 2 N–H and O–H groups in total. The number of carbonyl (C=O) groups excluding carboxylic acids is 2. The molecule has 0 radical (unpaired) electrons. The first-order valence-corrected chi connectivity index (χ1v) is 14.6. The molecule has 5 nitrogen and oxygen atoms in total. The third-order valence-corrected chi connectivity index (χ3v) is 8.56. The summed E-state index contributed by atoms with van der Waals surface area (Å²) in [5, 5.41) is 6.09. The Morgan fingerprint density at radius 3 is 2.27 bits per heavy atom. The van der Waals surface area contributed by atoms with Gasteiger partial charge in [0.25, 0.3) is 5.91 Å². The highest BCUT2D eigenvalue weighted by Gasteiger charge is 2.24. The van der Waals surface area contributed by atoms with Gasteiger partial charge >= 0.3 is 0 Å². The van der Waals surface area contributed by atoms with Gasteiger partial charge in [-0.05, 0) is 56.2 Å². The predicted octanol–water partition coefficient (Wildman–Crippen LogP) is 8.46. The van der Waals surface area contributed by atoms with Gasteiger partial charge in [0.15, 0.2) is 5.13 Å². The minimum atomic E-state index is -0.518. The van der Waals surface area contributed by atoms with Crippen LogP contribution in [0.15, 0.2) is 108 Å². The number of carbonyl (C=O) groups is 2. The van der Waals surface area contributed by atoms with Crippen molar-refractivity contribution in [1.82, 2.24) is 4.98 Å². The first-order chi connectivity index (χ1) is 19.4. The van der Waals surface area contributed by atoms with Crippen LogP contribution in [0.2, 0.25) is 0 Å². The number of nitrogens with zero attached hydrogens (tertiary/aromatic N) is 1. The van der Waals surface area contributed by atoms with E-state index in [1.54, 1.807) is 0 Å². The van der Waals surface area contributed by atoms with Gasteiger partial charge in [0, 0.05) is 26.6 Å². The molecule has 1 unspecified atom stereocenters. The van der Waals surface area contributed by atoms with Gasteiger partial charge in [-0.25, -0.2) is 4.98 Å². The van der Waals surface area contributed by atoms with Crippen molar-refractivity contribution in [1.29, 1.82) is 0 Å². The number of hydrogen-bond donors (Lipinski definition) is 2. The molecule has 0 saturated heterocycles. The van der Waals surface area contributed by atoms with Crippen LogP contribution < -0.4 is 10.6 Å². The van der Waals surface area contributed by atoms with Crippen LogP contribution in [-0.2, 0) is 4.79 Å². The Bertz CT molecular complexity index is 1650. The Balaban J connectivity index is 1.36. The molecular weight excluding hydrogens is 535 g/mol. The second kappa shape index (κ2) is 12.3. The topological polar surface area (TPSA) is 71.1 Å². The monoisotopic (exact) mass is 563 g/mol. The Hall–Kier alpha value is -4.20. The van der Waals surface area contributed by atoms with E-state index < -0.39 is 5.25 Å². The number of aromatic nitrogens is 1. The minimum absolute atomic E-state index is 0.158. The molecule has 200 valence electrons. The van der Waals surface area contributed by atoms with Crippen LogP contribution in [0.5, 0.6) is 0 Å². The first-order valence-electron chi connectivity index (χ1n) is 12.9. The molecule has 1 atom stereocenters. The lowest BCUT2D eigenvalue weighted by Crippen LogP contribution is -2.19. The molecule has 0 spiro atoms. The van der Waals surface area contributed by atoms with Crippen LogP contribution in [0.3, 0.4) is 0 Å². The predicted molar refractivity (Wildman–Crippen MR) is 166 cm³/mol. The highest BCUT2D eigenvalue weighted by atomic mass is 32.2. The Kier molecular flexibility index (Phi) is 8.43. The molecule has 0 fully saturated rings. The Morgan fingerprint density at radius 2 is 1.52 bits per heavy atom. The fraction of sp³-hybridized carbons (Fsp3) is 0.121. The van der Waals surface area contributed by atoms with Gasteiger partial charge in [-0.3, -0.25) is 9.59 Å². The smallest absolute Gasteiger partial charge is 0.255 e. The summed E-state index contributed by atoms with van der Waals surface area (Å²) in [7, 11) is 0. The number of aryl methyl sites for hydroxylation is 3. The van der Waals surface area contributed by atoms with Crippen molar-refractivity contribution in [3.05, 3.63) is 130 Å². The van der Waals surface area contributed by atoms with Gasteiger partial charge in [0.05, 0.1) is 5.69 Å². The standard InChI is InChI=1S/C33H29N3O2S2/c1-21-16-18-24(19-17-21)29-23(3)39-33(35-29)36-32(38)30(25-11-5-4-6-12-25)40-27-14-9-13-26(20-27)34-31(37)28-15-8-7-10-22(28)2/h4-20,30H,1-3H3,(H,34,37)(H,35,36,38). The van der Waals surface area contributed by atoms with E-state index in [-0.39, 0.29) is 11.8 Å². The quantitative estimate of drug-likeness (QED) is 0.186. The van der Waals surface area contributed by atoms with Gasteiger partial charge < -0.3 is 10.6 Å². The van der Waals surface area contributed by atoms with Crippen molar-refractivity contribution in [2.24, 2.45) is 0 Å². The van der Waals surface area contributed by atoms with E-state index in [2.05, 4.69) is 41.8 Å². The van der Waals surface area contributed by atoms with E-state index in [0.29, 0.717) is 16.4 Å². The number of anilines is 2. The Morgan fingerprint density at radius 1 is 0.800 bits per heavy atom. The average Bonchev–Trinajstić information content (AvgIpc) is 3.32. The number of thioether (sulfide) groups is 1. The van der Waals surface area contributed by atoms with E-state index in [0.717, 1.165) is 32.2 Å². The van der Waals surface area contributed by atoms with Crippen molar-refractivity contribution < 1.29 is 9.59 Å². The summed E-state index contributed by atoms with van der Waals surface area (Å²) in [6.45, 7) is 5.99. The molecule has 1 heterocycles. The van der Waals surface area contributed by atoms with Crippen LogP contribution in [0.4, 0.5) is 10.8 Å². The summed E-state index contributed by atoms with van der Waals surface area (Å²) in [5.41, 5.74) is 6.18. The number of rotatable bonds is 8. The summed E-state index contributed by atoms with van der Waals surface area (Å²) >= 11 is 2.90. The number of hydrogen-bond acceptors (Lipinski definition) is 5. The van der Waals surface area contributed by atoms with Crippen LogP contribution >= 0.6 is 23.1 Å². The minimum Gasteiger partial charge on any atom is -0.322 e. The summed E-state index contributed by atoms with van der Waals surface area (Å²) in [4.78, 5) is 33.2. The van der Waals surface area contributed by atoms with Gasteiger partial charge in [0.2, 0.25) is 5.91 Å². The van der Waals surface area contributed by atoms with Gasteiger partial charge in [-0.1, -0.05) is 84.4 Å². The number of amides is 2. The average molecular weight is 564 g/mol. The zero-order valence-electron chi connectivity index (χ0n) is 22.5. The molecule has 0 aliphatic carbocycles. The molecule has 0 aliphatic rings. The molecular formula is C33H29N3O2S2. The molecule has 4 aromatic carbocycles. The fourth-order valence-electron chi connectivity index (χ4n) is 4.31. The van der Waals surface area contributed by atoms with Gasteiger partial charge in [-0.2, -0.15) is 0 Å². The summed E-state index contributed by atoms with van der Waals surface area (Å²) in [6.07, 6.45) is 0. The van der Waals surface area contributed by atoms with Crippen molar-refractivity contribution in [2.45, 2.75) is 30.9 Å². The summed E-state index contributed by atoms with van der Waals surface area (Å²) in [5.74, 6) is -0.323. The van der Waals surface area contributed by atoms with Crippen LogP contribution in [-0.4, -0.2) is 16.8 Å². The van der Waals surface area contributed by atoms with Crippen molar-refractivity contribution >= 4 is 45.7 Å². The molecule has 40 heavy (non-hydrogen) atoms. The van der Waals surface area contributed by atoms with E-state index in [1.807, 2.05) is 92.7 Å². The van der Waals surface area contributed by atoms with Crippen molar-refractivity contribution in [2.75, 3.05) is 10.6 Å². The maximum absolute atomic E-state index is 13.7. The van der Waals surface area contributed by atoms with E-state index in [1.165, 1.54) is 28.7 Å². The Labute approximate surface area is 242 Å². The zero-order chi connectivity index (χ0) is 28.1. The molecule has 2 amide bonds. The van der Waals surface area contributed by atoms with Crippen molar-refractivity contribution in [3.63, 3.8) is 0 Å². The lowest BCUT2D eigenvalue weighted by molar-refractivity contribution is -0.115. The van der Waals surface area contributed by atoms with Crippen molar-refractivity contribution in [3.8, 4) is 11.3 Å². The zero-order valence-corrected chi connectivity index (χ0v) is 24.1. The van der Waals surface area contributed by atoms with Crippen LogP contribution in [0, 0.1) is 20.8 Å². The third kappa shape index (κ3) is 6.50. The molecule has 0 saturated carbocycles. The molecule has 1 aromatic heterocycles. The number of thiazole rings is 1. The lowest BCUT2D eigenvalue weighted by atomic mass is 10.1. The maximum Gasteiger partial charge on any atom is 0.255 e. The number of benzene rings is 4. The SMILES string of the molecule is Cc1ccc(-c2nc(NC(=O)C(Sc3cccc(NC(=O)c4ccccc4C)c3)c3ccccc3)sc2C)cc1. The van der Waals surface area contributed by atoms with Crippen LogP contribution in [0.25, 0.3) is 11.3 Å². The van der Waals surface area contributed by atoms with Crippen LogP contribution in [0.1, 0.15) is 37.2 Å². The first kappa shape index (κ1) is 27.4. The van der Waals surface area contributed by atoms with E-state index in [9.17, 15) is 9.59 Å². The van der Waals surface area contributed by atoms with Gasteiger partial charge in [0.1, 0.15) is 5.25 Å². The highest BCUT2D eigenvalue weighted by Crippen LogP contribution is 2.38. The summed E-state index contributed by atoms with van der Waals surface area (Å²) < 4.78 is 0. The molecule has 7 heteroatoms. The molecule has 5 aromatic rings. The molecule has 0 aliphatic heterocycles. The second-order valence-corrected chi connectivity index (χ2v) is 11.9. The third-order valence-electron chi connectivity index (χ3n) is 6.43. The van der Waals surface area contributed by atoms with Gasteiger partial charge in [-0.15, -0.1) is 23.1 Å². The van der Waals surface area contributed by atoms with E-state index in [4.69, 9.17) is 4.98 Å². The lowest BCUT2D eigenvalue weighted by Gasteiger charge is -2.17. The highest BCUT2D eigenvalue weighted by molar-refractivity contribution is 8.00.